The van der Waals surface area contributed by atoms with Crippen LogP contribution in [-0.4, -0.2) is 28.9 Å². The molecule has 0 bridgehead atoms. The van der Waals surface area contributed by atoms with Gasteiger partial charge in [0.25, 0.3) is 0 Å². The van der Waals surface area contributed by atoms with E-state index < -0.39 is 0 Å². The second-order valence-electron chi connectivity index (χ2n) is 4.80. The number of hydrogen-bond donors (Lipinski definition) is 1. The number of likely N-dealkylation sites (tertiary alicyclic amines) is 1. The van der Waals surface area contributed by atoms with E-state index in [2.05, 4.69) is 20.8 Å². The van der Waals surface area contributed by atoms with E-state index in [1.54, 1.807) is 0 Å². The highest BCUT2D eigenvalue weighted by Gasteiger charge is 2.36. The summed E-state index contributed by atoms with van der Waals surface area (Å²) in [5, 5.41) is 0. The van der Waals surface area contributed by atoms with Crippen LogP contribution < -0.4 is 5.73 Å². The monoisotopic (exact) mass is 198 g/mol. The fourth-order valence-corrected chi connectivity index (χ4v) is 2.15. The molecule has 2 N–H and O–H groups in total. The second kappa shape index (κ2) is 4.30. The molecular weight excluding hydrogens is 176 g/mol. The van der Waals surface area contributed by atoms with Gasteiger partial charge in [0.1, 0.15) is 0 Å². The molecule has 1 heterocycles. The number of rotatable bonds is 3. The lowest BCUT2D eigenvalue weighted by Crippen LogP contribution is -2.50. The fraction of sp³-hybridized carbons (Fsp3) is 0.909. The number of amides is 1. The Balaban J connectivity index is 2.60. The molecule has 1 aliphatic heterocycles. The van der Waals surface area contributed by atoms with Crippen molar-refractivity contribution in [1.29, 1.82) is 0 Å². The molecule has 1 aliphatic rings. The molecule has 3 heteroatoms. The van der Waals surface area contributed by atoms with Crippen LogP contribution in [0.1, 0.15) is 46.5 Å². The Labute approximate surface area is 86.6 Å². The number of carbonyl (C=O) groups is 1. The minimum absolute atomic E-state index is 0.0163. The summed E-state index contributed by atoms with van der Waals surface area (Å²) in [5.74, 6) is 0.134. The zero-order valence-corrected chi connectivity index (χ0v) is 9.55. The third-order valence-electron chi connectivity index (χ3n) is 3.08. The van der Waals surface area contributed by atoms with E-state index in [1.165, 1.54) is 0 Å². The van der Waals surface area contributed by atoms with Crippen LogP contribution in [0.4, 0.5) is 0 Å². The van der Waals surface area contributed by atoms with Crippen LogP contribution >= 0.6 is 0 Å². The molecule has 0 aromatic carbocycles. The van der Waals surface area contributed by atoms with Gasteiger partial charge in [0, 0.05) is 12.1 Å². The van der Waals surface area contributed by atoms with Gasteiger partial charge in [-0.25, -0.2) is 0 Å². The van der Waals surface area contributed by atoms with Gasteiger partial charge in [0.05, 0.1) is 6.04 Å². The van der Waals surface area contributed by atoms with Crippen LogP contribution in [0.3, 0.4) is 0 Å². The first-order chi connectivity index (χ1) is 6.49. The quantitative estimate of drug-likeness (QED) is 0.747. The third-order valence-corrected chi connectivity index (χ3v) is 3.08. The van der Waals surface area contributed by atoms with Crippen LogP contribution in [-0.2, 0) is 4.79 Å². The molecule has 0 aromatic rings. The van der Waals surface area contributed by atoms with Crippen LogP contribution in [0.25, 0.3) is 0 Å². The SMILES string of the molecule is CCC[C@@H](N)C(=O)N1CCCC1(C)C. The molecular formula is C11H22N2O. The number of nitrogens with two attached hydrogens (primary N) is 1. The Bertz CT molecular complexity index is 213. The third kappa shape index (κ3) is 2.27. The van der Waals surface area contributed by atoms with Crippen molar-refractivity contribution in [3.8, 4) is 0 Å². The van der Waals surface area contributed by atoms with Crippen molar-refractivity contribution < 1.29 is 4.79 Å². The molecule has 3 nitrogen and oxygen atoms in total. The maximum Gasteiger partial charge on any atom is 0.239 e. The predicted octanol–water partition coefficient (Wildman–Crippen LogP) is 1.51. The smallest absolute Gasteiger partial charge is 0.239 e. The highest BCUT2D eigenvalue weighted by Crippen LogP contribution is 2.28. The Morgan fingerprint density at radius 2 is 2.21 bits per heavy atom. The van der Waals surface area contributed by atoms with Gasteiger partial charge in [-0.1, -0.05) is 13.3 Å². The van der Waals surface area contributed by atoms with E-state index in [4.69, 9.17) is 5.73 Å². The maximum atomic E-state index is 12.0. The topological polar surface area (TPSA) is 46.3 Å². The van der Waals surface area contributed by atoms with Gasteiger partial charge in [-0.3, -0.25) is 4.79 Å². The average Bonchev–Trinajstić information content (AvgIpc) is 2.44. The van der Waals surface area contributed by atoms with Crippen molar-refractivity contribution in [2.75, 3.05) is 6.54 Å². The summed E-state index contributed by atoms with van der Waals surface area (Å²) < 4.78 is 0. The first-order valence-electron chi connectivity index (χ1n) is 5.56. The minimum atomic E-state index is -0.294. The van der Waals surface area contributed by atoms with Gasteiger partial charge in [0.15, 0.2) is 0 Å². The lowest BCUT2D eigenvalue weighted by molar-refractivity contribution is -0.135. The molecule has 1 rings (SSSR count). The summed E-state index contributed by atoms with van der Waals surface area (Å²) in [4.78, 5) is 13.9. The molecule has 0 radical (unpaired) electrons. The van der Waals surface area contributed by atoms with Gasteiger partial charge < -0.3 is 10.6 Å². The van der Waals surface area contributed by atoms with Crippen molar-refractivity contribution in [2.24, 2.45) is 5.73 Å². The number of carbonyl (C=O) groups excluding carboxylic acids is 1. The standard InChI is InChI=1S/C11H22N2O/c1-4-6-9(12)10(14)13-8-5-7-11(13,2)3/h9H,4-8,12H2,1-3H3/t9-/m1/s1. The van der Waals surface area contributed by atoms with Crippen molar-refractivity contribution in [3.63, 3.8) is 0 Å². The van der Waals surface area contributed by atoms with Gasteiger partial charge in [-0.15, -0.1) is 0 Å². The lowest BCUT2D eigenvalue weighted by atomic mass is 10.0. The fourth-order valence-electron chi connectivity index (χ4n) is 2.15. The van der Waals surface area contributed by atoms with Crippen LogP contribution in [0, 0.1) is 0 Å². The molecule has 1 atom stereocenters. The summed E-state index contributed by atoms with van der Waals surface area (Å²) in [6.07, 6.45) is 3.97. The second-order valence-corrected chi connectivity index (χ2v) is 4.80. The molecule has 14 heavy (non-hydrogen) atoms. The predicted molar refractivity (Wildman–Crippen MR) is 57.9 cm³/mol. The summed E-state index contributed by atoms with van der Waals surface area (Å²) in [5.41, 5.74) is 5.85. The molecule has 1 saturated heterocycles. The van der Waals surface area contributed by atoms with Crippen molar-refractivity contribution in [3.05, 3.63) is 0 Å². The van der Waals surface area contributed by atoms with E-state index in [0.29, 0.717) is 0 Å². The average molecular weight is 198 g/mol. The zero-order chi connectivity index (χ0) is 10.8. The molecule has 0 aliphatic carbocycles. The van der Waals surface area contributed by atoms with Crippen LogP contribution in [0.5, 0.6) is 0 Å². The summed E-state index contributed by atoms with van der Waals surface area (Å²) in [7, 11) is 0. The minimum Gasteiger partial charge on any atom is -0.336 e. The van der Waals surface area contributed by atoms with E-state index in [0.717, 1.165) is 32.2 Å². The molecule has 0 unspecified atom stereocenters. The molecule has 82 valence electrons. The van der Waals surface area contributed by atoms with E-state index in [1.807, 2.05) is 4.90 Å². The normalized spacial score (nSPS) is 22.4. The Hall–Kier alpha value is -0.570. The molecule has 0 aromatic heterocycles. The lowest BCUT2D eigenvalue weighted by Gasteiger charge is -2.33. The molecule has 1 amide bonds. The van der Waals surface area contributed by atoms with E-state index in [-0.39, 0.29) is 17.5 Å². The summed E-state index contributed by atoms with van der Waals surface area (Å²) >= 11 is 0. The van der Waals surface area contributed by atoms with Crippen LogP contribution in [0.15, 0.2) is 0 Å². The van der Waals surface area contributed by atoms with Gasteiger partial charge in [-0.05, 0) is 33.1 Å². The van der Waals surface area contributed by atoms with Gasteiger partial charge >= 0.3 is 0 Å². The zero-order valence-electron chi connectivity index (χ0n) is 9.55. The van der Waals surface area contributed by atoms with Crippen molar-refractivity contribution in [2.45, 2.75) is 58.0 Å². The van der Waals surface area contributed by atoms with Crippen LogP contribution in [0.2, 0.25) is 0 Å². The highest BCUT2D eigenvalue weighted by atomic mass is 16.2. The largest absolute Gasteiger partial charge is 0.336 e. The summed E-state index contributed by atoms with van der Waals surface area (Å²) in [6.45, 7) is 7.18. The molecule has 1 fully saturated rings. The first kappa shape index (κ1) is 11.5. The number of hydrogen-bond acceptors (Lipinski definition) is 2. The van der Waals surface area contributed by atoms with E-state index >= 15 is 0 Å². The van der Waals surface area contributed by atoms with Gasteiger partial charge in [-0.2, -0.15) is 0 Å². The molecule has 0 spiro atoms. The van der Waals surface area contributed by atoms with E-state index in [9.17, 15) is 4.79 Å². The first-order valence-corrected chi connectivity index (χ1v) is 5.56. The van der Waals surface area contributed by atoms with Crippen molar-refractivity contribution in [1.82, 2.24) is 4.90 Å². The van der Waals surface area contributed by atoms with Gasteiger partial charge in [0.2, 0.25) is 5.91 Å². The Morgan fingerprint density at radius 3 is 2.64 bits per heavy atom. The maximum absolute atomic E-state index is 12.0. The summed E-state index contributed by atoms with van der Waals surface area (Å²) in [6, 6.07) is -0.294. The Morgan fingerprint density at radius 1 is 1.57 bits per heavy atom. The molecule has 0 saturated carbocycles. The number of nitrogens with zero attached hydrogens (tertiary/aromatic N) is 1. The highest BCUT2D eigenvalue weighted by molar-refractivity contribution is 5.82. The Kier molecular flexibility index (Phi) is 3.53. The van der Waals surface area contributed by atoms with Crippen molar-refractivity contribution >= 4 is 5.91 Å².